The molecule has 51 heavy (non-hydrogen) atoms. The molecule has 0 amide bonds. The number of hydrogen-bond acceptors (Lipinski definition) is 4. The van der Waals surface area contributed by atoms with Crippen molar-refractivity contribution in [2.75, 3.05) is 0 Å². The van der Waals surface area contributed by atoms with E-state index in [1.165, 1.54) is 10.8 Å². The summed E-state index contributed by atoms with van der Waals surface area (Å²) in [5, 5.41) is 5.48. The molecule has 0 aliphatic rings. The number of furan rings is 1. The second-order valence-corrected chi connectivity index (χ2v) is 12.8. The molecule has 238 valence electrons. The van der Waals surface area contributed by atoms with Crippen molar-refractivity contribution >= 4 is 43.6 Å². The molecule has 4 nitrogen and oxygen atoms in total. The van der Waals surface area contributed by atoms with Crippen LogP contribution in [-0.4, -0.2) is 15.0 Å². The normalized spacial score (nSPS) is 11.5. The van der Waals surface area contributed by atoms with E-state index in [1.54, 1.807) is 0 Å². The minimum atomic E-state index is 0.695. The number of pyridine rings is 1. The molecule has 4 heteroatoms. The molecule has 0 unspecified atom stereocenters. The lowest BCUT2D eigenvalue weighted by Crippen LogP contribution is -1.96. The fourth-order valence-corrected chi connectivity index (χ4v) is 7.27. The van der Waals surface area contributed by atoms with Gasteiger partial charge in [-0.1, -0.05) is 158 Å². The summed E-state index contributed by atoms with van der Waals surface area (Å²) in [6, 6.07) is 60.7. The van der Waals surface area contributed by atoms with E-state index in [9.17, 15) is 0 Å². The fourth-order valence-electron chi connectivity index (χ4n) is 7.27. The van der Waals surface area contributed by atoms with Crippen LogP contribution in [0.1, 0.15) is 0 Å². The molecule has 0 fully saturated rings. The molecule has 0 aliphatic carbocycles. The number of hydrogen-bond donors (Lipinski definition) is 0. The maximum absolute atomic E-state index is 6.75. The molecule has 0 saturated heterocycles. The topological polar surface area (TPSA) is 51.8 Å². The molecule has 3 heterocycles. The van der Waals surface area contributed by atoms with Crippen molar-refractivity contribution in [2.24, 2.45) is 0 Å². The molecule has 0 saturated carbocycles. The second kappa shape index (κ2) is 11.9. The van der Waals surface area contributed by atoms with Gasteiger partial charge in [0.2, 0.25) is 0 Å². The predicted octanol–water partition coefficient (Wildman–Crippen LogP) is 12.4. The highest BCUT2D eigenvalue weighted by Crippen LogP contribution is 2.44. The first-order valence-corrected chi connectivity index (χ1v) is 17.1. The largest absolute Gasteiger partial charge is 0.455 e. The van der Waals surface area contributed by atoms with Crippen LogP contribution < -0.4 is 0 Å². The van der Waals surface area contributed by atoms with Crippen molar-refractivity contribution in [3.05, 3.63) is 176 Å². The zero-order valence-corrected chi connectivity index (χ0v) is 27.5. The van der Waals surface area contributed by atoms with Crippen LogP contribution in [0.3, 0.4) is 0 Å². The molecule has 7 aromatic carbocycles. The van der Waals surface area contributed by atoms with Crippen LogP contribution in [0.2, 0.25) is 0 Å². The average Bonchev–Trinajstić information content (AvgIpc) is 3.60. The van der Waals surface area contributed by atoms with Crippen molar-refractivity contribution in [2.45, 2.75) is 0 Å². The van der Waals surface area contributed by atoms with E-state index in [0.717, 1.165) is 83.3 Å². The lowest BCUT2D eigenvalue weighted by atomic mass is 9.93. The number of aromatic nitrogens is 3. The van der Waals surface area contributed by atoms with Gasteiger partial charge < -0.3 is 4.42 Å². The Balaban J connectivity index is 1.16. The maximum atomic E-state index is 6.75. The summed E-state index contributed by atoms with van der Waals surface area (Å²) in [5.41, 5.74) is 11.5. The van der Waals surface area contributed by atoms with Crippen LogP contribution in [0.5, 0.6) is 0 Å². The van der Waals surface area contributed by atoms with Gasteiger partial charge in [-0.3, -0.25) is 0 Å². The van der Waals surface area contributed by atoms with Crippen molar-refractivity contribution in [1.82, 2.24) is 15.0 Å². The van der Waals surface area contributed by atoms with E-state index >= 15 is 0 Å². The molecule has 0 spiro atoms. The van der Waals surface area contributed by atoms with Gasteiger partial charge in [-0.2, -0.15) is 0 Å². The van der Waals surface area contributed by atoms with Crippen molar-refractivity contribution in [1.29, 1.82) is 0 Å². The first kappa shape index (κ1) is 29.0. The molecular weight excluding hydrogens is 623 g/mol. The fraction of sp³-hybridized carbons (Fsp3) is 0. The summed E-state index contributed by atoms with van der Waals surface area (Å²) >= 11 is 0. The lowest BCUT2D eigenvalue weighted by Gasteiger charge is -2.13. The zero-order chi connectivity index (χ0) is 33.7. The van der Waals surface area contributed by atoms with E-state index in [2.05, 4.69) is 127 Å². The second-order valence-electron chi connectivity index (χ2n) is 12.8. The third-order valence-electron chi connectivity index (χ3n) is 9.70. The lowest BCUT2D eigenvalue weighted by molar-refractivity contribution is 0.672. The van der Waals surface area contributed by atoms with Gasteiger partial charge in [0, 0.05) is 27.6 Å². The number of rotatable bonds is 5. The third kappa shape index (κ3) is 4.96. The summed E-state index contributed by atoms with van der Waals surface area (Å²) in [6.07, 6.45) is 0. The first-order chi connectivity index (χ1) is 25.3. The zero-order valence-electron chi connectivity index (χ0n) is 27.5. The Morgan fingerprint density at radius 2 is 0.980 bits per heavy atom. The molecule has 0 atom stereocenters. The highest BCUT2D eigenvalue weighted by Gasteiger charge is 2.21. The van der Waals surface area contributed by atoms with E-state index in [1.807, 2.05) is 48.5 Å². The van der Waals surface area contributed by atoms with Gasteiger partial charge in [0.25, 0.3) is 0 Å². The van der Waals surface area contributed by atoms with Crippen molar-refractivity contribution in [3.8, 4) is 56.3 Å². The quantitative estimate of drug-likeness (QED) is 0.186. The standard InChI is InChI=1S/C47H29N3O/c1-3-14-31(15-4-1)40-29-41(50-47(49-40)34-16-5-2-6-17-34)32-25-27-33(28-26-32)45-44-38-20-9-10-24-42(38)51-46(44)43-37(22-12-23-39(43)48-45)36-21-11-18-30-13-7-8-19-35(30)36/h1-29H. The summed E-state index contributed by atoms with van der Waals surface area (Å²) in [4.78, 5) is 15.4. The van der Waals surface area contributed by atoms with Gasteiger partial charge in [0.05, 0.1) is 33.4 Å². The predicted molar refractivity (Wildman–Crippen MR) is 209 cm³/mol. The molecule has 10 rings (SSSR count). The number of nitrogens with zero attached hydrogens (tertiary/aromatic N) is 3. The van der Waals surface area contributed by atoms with Crippen LogP contribution >= 0.6 is 0 Å². The van der Waals surface area contributed by atoms with E-state index in [0.29, 0.717) is 5.82 Å². The smallest absolute Gasteiger partial charge is 0.160 e. The Labute approximate surface area is 294 Å². The molecule has 3 aromatic heterocycles. The molecule has 0 aliphatic heterocycles. The number of benzene rings is 7. The van der Waals surface area contributed by atoms with Gasteiger partial charge in [0.1, 0.15) is 11.2 Å². The summed E-state index contributed by atoms with van der Waals surface area (Å²) in [6.45, 7) is 0. The SMILES string of the molecule is c1ccc(-c2cc(-c3ccc(-c4nc5cccc(-c6cccc7ccccc67)c5c5oc6ccccc6c45)cc3)nc(-c3ccccc3)n2)cc1. The highest BCUT2D eigenvalue weighted by atomic mass is 16.3. The van der Waals surface area contributed by atoms with Crippen LogP contribution in [-0.2, 0) is 0 Å². The molecular formula is C47H29N3O. The minimum absolute atomic E-state index is 0.695. The van der Waals surface area contributed by atoms with Gasteiger partial charge in [-0.05, 0) is 40.1 Å². The maximum Gasteiger partial charge on any atom is 0.160 e. The third-order valence-corrected chi connectivity index (χ3v) is 9.70. The van der Waals surface area contributed by atoms with Gasteiger partial charge in [0.15, 0.2) is 5.82 Å². The van der Waals surface area contributed by atoms with Crippen molar-refractivity contribution < 1.29 is 4.42 Å². The van der Waals surface area contributed by atoms with Crippen LogP contribution in [0.15, 0.2) is 180 Å². The number of fused-ring (bicyclic) bond motifs is 6. The first-order valence-electron chi connectivity index (χ1n) is 17.1. The summed E-state index contributed by atoms with van der Waals surface area (Å²) < 4.78 is 6.75. The molecule has 0 bridgehead atoms. The van der Waals surface area contributed by atoms with E-state index in [4.69, 9.17) is 19.4 Å². The number of para-hydroxylation sites is 1. The molecule has 0 N–H and O–H groups in total. The Morgan fingerprint density at radius 1 is 0.392 bits per heavy atom. The summed E-state index contributed by atoms with van der Waals surface area (Å²) in [5.74, 6) is 0.695. The highest BCUT2D eigenvalue weighted by molar-refractivity contribution is 6.23. The Kier molecular flexibility index (Phi) is 6.78. The molecule has 10 aromatic rings. The van der Waals surface area contributed by atoms with Gasteiger partial charge in [-0.25, -0.2) is 15.0 Å². The van der Waals surface area contributed by atoms with Gasteiger partial charge in [-0.15, -0.1) is 0 Å². The molecule has 0 radical (unpaired) electrons. The van der Waals surface area contributed by atoms with Crippen LogP contribution in [0.4, 0.5) is 0 Å². The minimum Gasteiger partial charge on any atom is -0.455 e. The van der Waals surface area contributed by atoms with Crippen molar-refractivity contribution in [3.63, 3.8) is 0 Å². The van der Waals surface area contributed by atoms with Crippen LogP contribution in [0, 0.1) is 0 Å². The average molecular weight is 652 g/mol. The van der Waals surface area contributed by atoms with Gasteiger partial charge >= 0.3 is 0 Å². The summed E-state index contributed by atoms with van der Waals surface area (Å²) in [7, 11) is 0. The van der Waals surface area contributed by atoms with Crippen LogP contribution in [0.25, 0.3) is 99.9 Å². The van der Waals surface area contributed by atoms with E-state index in [-0.39, 0.29) is 0 Å². The Bertz CT molecular complexity index is 2830. The van der Waals surface area contributed by atoms with E-state index < -0.39 is 0 Å². The Hall–Kier alpha value is -6.91. The monoisotopic (exact) mass is 651 g/mol. The Morgan fingerprint density at radius 3 is 1.76 bits per heavy atom.